The van der Waals surface area contributed by atoms with Gasteiger partial charge in [-0.25, -0.2) is 9.78 Å². The average Bonchev–Trinajstić information content (AvgIpc) is 2.45. The number of esters is 1. The Balaban J connectivity index is 2.60. The molecule has 19 heavy (non-hydrogen) atoms. The van der Waals surface area contributed by atoms with Gasteiger partial charge in [-0.15, -0.1) is 0 Å². The number of nitrogens with one attached hydrogen (secondary N) is 1. The third kappa shape index (κ3) is 4.52. The topological polar surface area (TPSA) is 77.2 Å². The van der Waals surface area contributed by atoms with Crippen LogP contribution < -0.4 is 11.1 Å². The fourth-order valence-corrected chi connectivity index (χ4v) is 1.60. The summed E-state index contributed by atoms with van der Waals surface area (Å²) in [4.78, 5) is 15.6. The quantitative estimate of drug-likeness (QED) is 0.739. The van der Waals surface area contributed by atoms with Crippen LogP contribution in [0.15, 0.2) is 18.3 Å². The molecule has 0 aliphatic rings. The molecule has 1 rings (SSSR count). The molecule has 0 amide bonds. The van der Waals surface area contributed by atoms with Crippen molar-refractivity contribution in [1.82, 2.24) is 4.98 Å². The minimum absolute atomic E-state index is 0.221. The Labute approximate surface area is 114 Å². The first-order chi connectivity index (χ1) is 9.04. The zero-order chi connectivity index (χ0) is 14.3. The Bertz CT molecular complexity index is 400. The highest BCUT2D eigenvalue weighted by Crippen LogP contribution is 2.13. The summed E-state index contributed by atoms with van der Waals surface area (Å²) in [6.07, 6.45) is 3.31. The highest BCUT2D eigenvalue weighted by Gasteiger charge is 2.19. The van der Waals surface area contributed by atoms with Crippen molar-refractivity contribution in [3.8, 4) is 0 Å². The molecule has 0 radical (unpaired) electrons. The predicted octanol–water partition coefficient (Wildman–Crippen LogP) is 2.19. The third-order valence-corrected chi connectivity index (χ3v) is 3.30. The first-order valence-corrected chi connectivity index (χ1v) is 6.70. The summed E-state index contributed by atoms with van der Waals surface area (Å²) in [5, 5.41) is 3.20. The molecule has 0 aliphatic heterocycles. The standard InChI is InChI=1S/C14H23N3O2/c1-4-14(15,5-2)10-17-12-8-7-11(9-16-12)13(18)19-6-3/h7-9H,4-6,10,15H2,1-3H3,(H,16,17). The van der Waals surface area contributed by atoms with Crippen molar-refractivity contribution < 1.29 is 9.53 Å². The normalized spacial score (nSPS) is 11.2. The number of rotatable bonds is 7. The van der Waals surface area contributed by atoms with Gasteiger partial charge in [0.05, 0.1) is 12.2 Å². The van der Waals surface area contributed by atoms with Crippen LogP contribution in [0.25, 0.3) is 0 Å². The highest BCUT2D eigenvalue weighted by molar-refractivity contribution is 5.89. The SMILES string of the molecule is CCOC(=O)c1ccc(NCC(N)(CC)CC)nc1. The zero-order valence-electron chi connectivity index (χ0n) is 11.9. The van der Waals surface area contributed by atoms with Gasteiger partial charge in [-0.05, 0) is 31.9 Å². The summed E-state index contributed by atoms with van der Waals surface area (Å²) in [5.41, 5.74) is 6.43. The largest absolute Gasteiger partial charge is 0.462 e. The van der Waals surface area contributed by atoms with E-state index in [-0.39, 0.29) is 11.5 Å². The van der Waals surface area contributed by atoms with E-state index in [9.17, 15) is 4.79 Å². The second-order valence-electron chi connectivity index (χ2n) is 4.58. The van der Waals surface area contributed by atoms with Crippen LogP contribution in [0, 0.1) is 0 Å². The van der Waals surface area contributed by atoms with Crippen LogP contribution in [-0.2, 0) is 4.74 Å². The molecule has 1 aromatic rings. The van der Waals surface area contributed by atoms with Crippen LogP contribution >= 0.6 is 0 Å². The second kappa shape index (κ2) is 7.09. The number of pyridine rings is 1. The van der Waals surface area contributed by atoms with Crippen molar-refractivity contribution in [3.05, 3.63) is 23.9 Å². The fraction of sp³-hybridized carbons (Fsp3) is 0.571. The van der Waals surface area contributed by atoms with E-state index >= 15 is 0 Å². The molecular weight excluding hydrogens is 242 g/mol. The number of ether oxygens (including phenoxy) is 1. The molecule has 3 N–H and O–H groups in total. The molecule has 0 fully saturated rings. The van der Waals surface area contributed by atoms with E-state index in [1.165, 1.54) is 6.20 Å². The third-order valence-electron chi connectivity index (χ3n) is 3.30. The molecular formula is C14H23N3O2. The molecule has 5 heteroatoms. The van der Waals surface area contributed by atoms with Gasteiger partial charge in [0, 0.05) is 18.3 Å². The molecule has 0 unspecified atom stereocenters. The van der Waals surface area contributed by atoms with Crippen molar-refractivity contribution in [3.63, 3.8) is 0 Å². The summed E-state index contributed by atoms with van der Waals surface area (Å²) in [5.74, 6) is 0.363. The molecule has 0 atom stereocenters. The van der Waals surface area contributed by atoms with Crippen LogP contribution in [0.4, 0.5) is 5.82 Å². The molecule has 0 bridgehead atoms. The Kier molecular flexibility index (Phi) is 5.76. The molecule has 1 heterocycles. The predicted molar refractivity (Wildman–Crippen MR) is 76.2 cm³/mol. The molecule has 0 spiro atoms. The lowest BCUT2D eigenvalue weighted by atomic mass is 9.94. The number of carbonyl (C=O) groups excluding carboxylic acids is 1. The minimum Gasteiger partial charge on any atom is -0.462 e. The summed E-state index contributed by atoms with van der Waals surface area (Å²) >= 11 is 0. The highest BCUT2D eigenvalue weighted by atomic mass is 16.5. The number of hydrogen-bond donors (Lipinski definition) is 2. The molecule has 106 valence electrons. The Morgan fingerprint density at radius 2 is 2.05 bits per heavy atom. The molecule has 1 aromatic heterocycles. The fourth-order valence-electron chi connectivity index (χ4n) is 1.60. The summed E-state index contributed by atoms with van der Waals surface area (Å²) < 4.78 is 4.90. The average molecular weight is 265 g/mol. The van der Waals surface area contributed by atoms with Gasteiger partial charge in [0.25, 0.3) is 0 Å². The number of carbonyl (C=O) groups is 1. The van der Waals surface area contributed by atoms with E-state index in [2.05, 4.69) is 24.1 Å². The summed E-state index contributed by atoms with van der Waals surface area (Å²) in [7, 11) is 0. The van der Waals surface area contributed by atoms with E-state index < -0.39 is 0 Å². The van der Waals surface area contributed by atoms with Crippen molar-refractivity contribution in [2.75, 3.05) is 18.5 Å². The number of nitrogens with zero attached hydrogens (tertiary/aromatic N) is 1. The summed E-state index contributed by atoms with van der Waals surface area (Å²) in [6, 6.07) is 3.46. The van der Waals surface area contributed by atoms with Crippen molar-refractivity contribution in [1.29, 1.82) is 0 Å². The monoisotopic (exact) mass is 265 g/mol. The second-order valence-corrected chi connectivity index (χ2v) is 4.58. The van der Waals surface area contributed by atoms with Crippen molar-refractivity contribution >= 4 is 11.8 Å². The molecule has 0 saturated heterocycles. The van der Waals surface area contributed by atoms with E-state index in [4.69, 9.17) is 10.5 Å². The lowest BCUT2D eigenvalue weighted by Crippen LogP contribution is -2.45. The van der Waals surface area contributed by atoms with Gasteiger partial charge in [-0.2, -0.15) is 0 Å². The van der Waals surface area contributed by atoms with E-state index in [0.717, 1.165) is 12.8 Å². The van der Waals surface area contributed by atoms with Gasteiger partial charge >= 0.3 is 5.97 Å². The smallest absolute Gasteiger partial charge is 0.339 e. The Morgan fingerprint density at radius 3 is 2.53 bits per heavy atom. The number of nitrogens with two attached hydrogens (primary N) is 1. The molecule has 5 nitrogen and oxygen atoms in total. The van der Waals surface area contributed by atoms with Crippen LogP contribution in [0.3, 0.4) is 0 Å². The van der Waals surface area contributed by atoms with E-state index in [1.54, 1.807) is 19.1 Å². The van der Waals surface area contributed by atoms with Crippen LogP contribution in [-0.4, -0.2) is 29.6 Å². The van der Waals surface area contributed by atoms with Gasteiger partial charge < -0.3 is 15.8 Å². The van der Waals surface area contributed by atoms with E-state index in [0.29, 0.717) is 24.5 Å². The molecule has 0 aromatic carbocycles. The maximum atomic E-state index is 11.5. The Hall–Kier alpha value is -1.62. The first-order valence-electron chi connectivity index (χ1n) is 6.70. The molecule has 0 aliphatic carbocycles. The maximum absolute atomic E-state index is 11.5. The van der Waals surface area contributed by atoms with Gasteiger partial charge in [0.1, 0.15) is 5.82 Å². The van der Waals surface area contributed by atoms with Crippen LogP contribution in [0.5, 0.6) is 0 Å². The van der Waals surface area contributed by atoms with E-state index in [1.807, 2.05) is 0 Å². The van der Waals surface area contributed by atoms with Crippen LogP contribution in [0.1, 0.15) is 44.0 Å². The first kappa shape index (κ1) is 15.4. The molecule has 0 saturated carbocycles. The van der Waals surface area contributed by atoms with Crippen LogP contribution in [0.2, 0.25) is 0 Å². The van der Waals surface area contributed by atoms with Crippen molar-refractivity contribution in [2.45, 2.75) is 39.2 Å². The van der Waals surface area contributed by atoms with Gasteiger partial charge in [-0.1, -0.05) is 13.8 Å². The number of anilines is 1. The van der Waals surface area contributed by atoms with Crippen molar-refractivity contribution in [2.24, 2.45) is 5.73 Å². The van der Waals surface area contributed by atoms with Gasteiger partial charge in [-0.3, -0.25) is 0 Å². The maximum Gasteiger partial charge on any atom is 0.339 e. The summed E-state index contributed by atoms with van der Waals surface area (Å²) in [6.45, 7) is 6.94. The van der Waals surface area contributed by atoms with Gasteiger partial charge in [0.2, 0.25) is 0 Å². The number of aromatic nitrogens is 1. The number of hydrogen-bond acceptors (Lipinski definition) is 5. The lowest BCUT2D eigenvalue weighted by molar-refractivity contribution is 0.0526. The Morgan fingerprint density at radius 1 is 1.37 bits per heavy atom. The minimum atomic E-state index is -0.350. The van der Waals surface area contributed by atoms with Gasteiger partial charge in [0.15, 0.2) is 0 Å². The zero-order valence-corrected chi connectivity index (χ0v) is 11.9. The lowest BCUT2D eigenvalue weighted by Gasteiger charge is -2.27.